The minimum absolute atomic E-state index is 0.195. The van der Waals surface area contributed by atoms with Gasteiger partial charge in [-0.3, -0.25) is 4.79 Å². The summed E-state index contributed by atoms with van der Waals surface area (Å²) in [4.78, 5) is 14.5. The Labute approximate surface area is 159 Å². The number of ether oxygens (including phenoxy) is 1. The van der Waals surface area contributed by atoms with Crippen molar-refractivity contribution in [2.24, 2.45) is 0 Å². The van der Waals surface area contributed by atoms with Gasteiger partial charge in [-0.15, -0.1) is 13.2 Å². The third-order valence-corrected chi connectivity index (χ3v) is 4.04. The summed E-state index contributed by atoms with van der Waals surface area (Å²) in [5.74, 6) is -0.462. The maximum atomic E-state index is 12.9. The molecule has 0 aliphatic heterocycles. The van der Waals surface area contributed by atoms with Gasteiger partial charge in [0.1, 0.15) is 11.3 Å². The number of carbonyl (C=O) groups excluding carboxylic acids is 1. The molecule has 5 nitrogen and oxygen atoms in total. The fourth-order valence-corrected chi connectivity index (χ4v) is 2.75. The van der Waals surface area contributed by atoms with E-state index < -0.39 is 6.36 Å². The number of hydrogen-bond donors (Lipinski definition) is 0. The number of aryl methyl sites for hydroxylation is 1. The van der Waals surface area contributed by atoms with Crippen molar-refractivity contribution in [1.29, 1.82) is 0 Å². The molecule has 0 unspecified atom stereocenters. The first-order valence-electron chi connectivity index (χ1n) is 8.36. The Hall–Kier alpha value is -3.29. The van der Waals surface area contributed by atoms with Gasteiger partial charge in [0.05, 0.1) is 5.69 Å². The van der Waals surface area contributed by atoms with Crippen LogP contribution in [-0.2, 0) is 6.54 Å². The number of benzene rings is 2. The van der Waals surface area contributed by atoms with Crippen molar-refractivity contribution in [2.45, 2.75) is 19.8 Å². The molecule has 0 saturated carbocycles. The monoisotopic (exact) mass is 390 g/mol. The molecule has 0 fully saturated rings. The molecule has 0 N–H and O–H groups in total. The summed E-state index contributed by atoms with van der Waals surface area (Å²) >= 11 is 0. The van der Waals surface area contributed by atoms with Gasteiger partial charge < -0.3 is 14.2 Å². The quantitative estimate of drug-likeness (QED) is 0.627. The minimum atomic E-state index is -4.77. The van der Waals surface area contributed by atoms with Crippen LogP contribution in [0.4, 0.5) is 13.2 Å². The van der Waals surface area contributed by atoms with Crippen LogP contribution < -0.4 is 4.74 Å². The van der Waals surface area contributed by atoms with Gasteiger partial charge in [-0.25, -0.2) is 0 Å². The number of hydrogen-bond acceptors (Lipinski definition) is 4. The van der Waals surface area contributed by atoms with E-state index >= 15 is 0 Å². The van der Waals surface area contributed by atoms with E-state index in [2.05, 4.69) is 9.89 Å². The number of aromatic nitrogens is 1. The third-order valence-electron chi connectivity index (χ3n) is 4.04. The zero-order chi connectivity index (χ0) is 20.3. The van der Waals surface area contributed by atoms with Crippen LogP contribution in [0.3, 0.4) is 0 Å². The maximum absolute atomic E-state index is 12.9. The van der Waals surface area contributed by atoms with Gasteiger partial charge in [-0.05, 0) is 36.8 Å². The van der Waals surface area contributed by atoms with E-state index in [1.807, 2.05) is 30.3 Å². The lowest BCUT2D eigenvalue weighted by molar-refractivity contribution is -0.274. The highest BCUT2D eigenvalue weighted by Gasteiger charge is 2.31. The number of halogens is 3. The molecule has 8 heteroatoms. The molecule has 0 saturated heterocycles. The van der Waals surface area contributed by atoms with Gasteiger partial charge >= 0.3 is 6.36 Å². The second-order valence-electron chi connectivity index (χ2n) is 6.19. The van der Waals surface area contributed by atoms with Gasteiger partial charge in [-0.2, -0.15) is 0 Å². The van der Waals surface area contributed by atoms with E-state index in [-0.39, 0.29) is 23.0 Å². The Balaban J connectivity index is 1.84. The van der Waals surface area contributed by atoms with Crippen LogP contribution in [0.1, 0.15) is 21.6 Å². The van der Waals surface area contributed by atoms with Crippen LogP contribution in [-0.4, -0.2) is 29.4 Å². The van der Waals surface area contributed by atoms with Crippen molar-refractivity contribution in [1.82, 2.24) is 10.1 Å². The van der Waals surface area contributed by atoms with Crippen LogP contribution in [0.15, 0.2) is 59.1 Å². The lowest BCUT2D eigenvalue weighted by atomic mass is 10.1. The Morgan fingerprint density at radius 1 is 1.11 bits per heavy atom. The molecule has 2 aromatic carbocycles. The molecule has 0 spiro atoms. The van der Waals surface area contributed by atoms with Crippen molar-refractivity contribution in [3.05, 3.63) is 71.4 Å². The Morgan fingerprint density at radius 2 is 1.75 bits per heavy atom. The van der Waals surface area contributed by atoms with Gasteiger partial charge in [-0.1, -0.05) is 35.5 Å². The molecule has 146 valence electrons. The maximum Gasteiger partial charge on any atom is 0.573 e. The SMILES string of the molecule is Cc1noc(-c2ccc(OC(F)(F)F)cc2)c1C(=O)N(C)Cc1ccccc1. The van der Waals surface area contributed by atoms with Crippen molar-refractivity contribution >= 4 is 5.91 Å². The molecule has 0 aliphatic carbocycles. The zero-order valence-corrected chi connectivity index (χ0v) is 15.2. The topological polar surface area (TPSA) is 55.6 Å². The normalized spacial score (nSPS) is 11.3. The number of amides is 1. The largest absolute Gasteiger partial charge is 0.573 e. The zero-order valence-electron chi connectivity index (χ0n) is 15.2. The minimum Gasteiger partial charge on any atom is -0.406 e. The highest BCUT2D eigenvalue weighted by molar-refractivity contribution is 6.00. The van der Waals surface area contributed by atoms with Crippen molar-refractivity contribution in [3.8, 4) is 17.1 Å². The predicted octanol–water partition coefficient (Wildman–Crippen LogP) is 4.82. The molecule has 1 heterocycles. The van der Waals surface area contributed by atoms with E-state index in [0.717, 1.165) is 17.7 Å². The molecule has 0 aliphatic rings. The number of carbonyl (C=O) groups is 1. The Kier molecular flexibility index (Phi) is 5.39. The van der Waals surface area contributed by atoms with E-state index in [1.54, 1.807) is 14.0 Å². The summed E-state index contributed by atoms with van der Waals surface area (Å²) in [6.07, 6.45) is -4.77. The highest BCUT2D eigenvalue weighted by atomic mass is 19.4. The number of nitrogens with zero attached hydrogens (tertiary/aromatic N) is 2. The van der Waals surface area contributed by atoms with Crippen LogP contribution in [0.5, 0.6) is 5.75 Å². The van der Waals surface area contributed by atoms with Crippen LogP contribution in [0.2, 0.25) is 0 Å². The number of rotatable bonds is 5. The summed E-state index contributed by atoms with van der Waals surface area (Å²) in [7, 11) is 1.66. The molecule has 28 heavy (non-hydrogen) atoms. The van der Waals surface area contributed by atoms with Crippen molar-refractivity contribution in [2.75, 3.05) is 7.05 Å². The molecule has 1 aromatic heterocycles. The first-order valence-corrected chi connectivity index (χ1v) is 8.36. The first kappa shape index (κ1) is 19.5. The van der Waals surface area contributed by atoms with E-state index in [0.29, 0.717) is 17.8 Å². The van der Waals surface area contributed by atoms with Crippen molar-refractivity contribution in [3.63, 3.8) is 0 Å². The van der Waals surface area contributed by atoms with Gasteiger partial charge in [0, 0.05) is 19.2 Å². The average molecular weight is 390 g/mol. The smallest absolute Gasteiger partial charge is 0.406 e. The highest BCUT2D eigenvalue weighted by Crippen LogP contribution is 2.30. The second kappa shape index (κ2) is 7.75. The van der Waals surface area contributed by atoms with E-state index in [4.69, 9.17) is 4.52 Å². The molecule has 0 radical (unpaired) electrons. The summed E-state index contributed by atoms with van der Waals surface area (Å²) in [5, 5.41) is 3.85. The summed E-state index contributed by atoms with van der Waals surface area (Å²) in [5.41, 5.74) is 2.05. The number of alkyl halides is 3. The lowest BCUT2D eigenvalue weighted by Crippen LogP contribution is -2.26. The van der Waals surface area contributed by atoms with E-state index in [1.165, 1.54) is 17.0 Å². The van der Waals surface area contributed by atoms with E-state index in [9.17, 15) is 18.0 Å². The van der Waals surface area contributed by atoms with Crippen LogP contribution in [0, 0.1) is 6.92 Å². The summed E-state index contributed by atoms with van der Waals surface area (Å²) in [6.45, 7) is 2.03. The van der Waals surface area contributed by atoms with Gasteiger partial charge in [0.15, 0.2) is 5.76 Å². The molecule has 3 aromatic rings. The molecular weight excluding hydrogens is 373 g/mol. The molecule has 1 amide bonds. The van der Waals surface area contributed by atoms with Gasteiger partial charge in [0.2, 0.25) is 0 Å². The fraction of sp³-hybridized carbons (Fsp3) is 0.200. The predicted molar refractivity (Wildman–Crippen MR) is 95.6 cm³/mol. The molecule has 0 atom stereocenters. The second-order valence-corrected chi connectivity index (χ2v) is 6.19. The average Bonchev–Trinajstić information content (AvgIpc) is 3.02. The standard InChI is InChI=1S/C20H17F3N2O3/c1-13-17(19(26)25(2)12-14-6-4-3-5-7-14)18(28-24-13)15-8-10-16(11-9-15)27-20(21,22)23/h3-11H,12H2,1-2H3. The molecule has 0 bridgehead atoms. The Bertz CT molecular complexity index is 951. The summed E-state index contributed by atoms with van der Waals surface area (Å²) in [6, 6.07) is 14.5. The van der Waals surface area contributed by atoms with Crippen molar-refractivity contribution < 1.29 is 27.2 Å². The Morgan fingerprint density at radius 3 is 2.36 bits per heavy atom. The van der Waals surface area contributed by atoms with Gasteiger partial charge in [0.25, 0.3) is 5.91 Å². The van der Waals surface area contributed by atoms with Crippen LogP contribution >= 0.6 is 0 Å². The fourth-order valence-electron chi connectivity index (χ4n) is 2.75. The first-order chi connectivity index (χ1) is 13.2. The summed E-state index contributed by atoms with van der Waals surface area (Å²) < 4.78 is 46.1. The van der Waals surface area contributed by atoms with Crippen LogP contribution in [0.25, 0.3) is 11.3 Å². The molecular formula is C20H17F3N2O3. The third kappa shape index (κ3) is 4.51. The lowest BCUT2D eigenvalue weighted by Gasteiger charge is -2.17. The molecule has 3 rings (SSSR count).